The molecule has 2 aromatic rings. The summed E-state index contributed by atoms with van der Waals surface area (Å²) in [5, 5.41) is 2.36. The lowest BCUT2D eigenvalue weighted by atomic mass is 9.97. The molecule has 1 aromatic carbocycles. The maximum atomic E-state index is 13.1. The molecule has 0 bridgehead atoms. The first-order valence-corrected chi connectivity index (χ1v) is 14.9. The summed E-state index contributed by atoms with van der Waals surface area (Å²) < 4.78 is 8.68. The number of rotatable bonds is 5. The van der Waals surface area contributed by atoms with Crippen LogP contribution in [0.4, 0.5) is 4.79 Å². The predicted octanol–water partition coefficient (Wildman–Crippen LogP) is 2.61. The second kappa shape index (κ2) is 11.6. The van der Waals surface area contributed by atoms with Gasteiger partial charge in [0.15, 0.2) is 0 Å². The Morgan fingerprint density at radius 1 is 1.00 bits per heavy atom. The van der Waals surface area contributed by atoms with E-state index in [0.29, 0.717) is 12.5 Å². The minimum Gasteiger partial charge on any atom is -0.444 e. The molecule has 3 amide bonds. The summed E-state index contributed by atoms with van der Waals surface area (Å²) in [6, 6.07) is 6.14. The van der Waals surface area contributed by atoms with Crippen LogP contribution in [0, 0.1) is 0 Å². The van der Waals surface area contributed by atoms with Gasteiger partial charge in [-0.15, -0.1) is 0 Å². The molecular weight excluding hydrogens is 524 g/mol. The number of ether oxygens (including phenoxy) is 1. The normalized spacial score (nSPS) is 22.2. The lowest BCUT2D eigenvalue weighted by Crippen LogP contribution is -2.51. The first kappa shape index (κ1) is 29.3. The van der Waals surface area contributed by atoms with Gasteiger partial charge in [0.1, 0.15) is 11.6 Å². The van der Waals surface area contributed by atoms with Crippen molar-refractivity contribution in [3.05, 3.63) is 34.2 Å². The van der Waals surface area contributed by atoms with E-state index < -0.39 is 17.6 Å². The number of amides is 3. The van der Waals surface area contributed by atoms with Gasteiger partial charge in [0, 0.05) is 52.2 Å². The fourth-order valence-corrected chi connectivity index (χ4v) is 6.56. The molecule has 4 heterocycles. The van der Waals surface area contributed by atoms with Crippen molar-refractivity contribution in [3.8, 4) is 0 Å². The number of likely N-dealkylation sites (tertiary alicyclic amines) is 2. The Hall–Kier alpha value is -3.18. The zero-order valence-corrected chi connectivity index (χ0v) is 25.0. The predicted molar refractivity (Wildman–Crippen MR) is 155 cm³/mol. The summed E-state index contributed by atoms with van der Waals surface area (Å²) in [7, 11) is 3.59. The first-order valence-electron chi connectivity index (χ1n) is 14.9. The highest BCUT2D eigenvalue weighted by molar-refractivity contribution is 6.00. The fourth-order valence-electron chi connectivity index (χ4n) is 6.56. The topological polar surface area (TPSA) is 109 Å². The second-order valence-electron chi connectivity index (χ2n) is 12.9. The van der Waals surface area contributed by atoms with Gasteiger partial charge in [0.2, 0.25) is 11.8 Å². The van der Waals surface area contributed by atoms with E-state index in [-0.39, 0.29) is 30.2 Å². The number of hydrogen-bond acceptors (Lipinski definition) is 7. The van der Waals surface area contributed by atoms with Crippen LogP contribution >= 0.6 is 0 Å². The molecule has 5 rings (SSSR count). The molecule has 1 unspecified atom stereocenters. The summed E-state index contributed by atoms with van der Waals surface area (Å²) in [5.74, 6) is -0.706. The van der Waals surface area contributed by atoms with Crippen LogP contribution in [0.15, 0.2) is 23.0 Å². The van der Waals surface area contributed by atoms with E-state index in [2.05, 4.69) is 21.2 Å². The number of piperidine rings is 3. The average molecular weight is 569 g/mol. The Labute approximate surface area is 241 Å². The summed E-state index contributed by atoms with van der Waals surface area (Å²) in [5.41, 5.74) is 1.93. The number of carbonyl (C=O) groups is 3. The molecule has 0 saturated carbocycles. The van der Waals surface area contributed by atoms with Gasteiger partial charge in [-0.3, -0.25) is 28.9 Å². The number of hydrogen-bond donors (Lipinski definition) is 1. The summed E-state index contributed by atoms with van der Waals surface area (Å²) in [6.07, 6.45) is 4.47. The number of aromatic nitrogens is 2. The molecule has 11 heteroatoms. The largest absolute Gasteiger partial charge is 0.444 e. The van der Waals surface area contributed by atoms with Gasteiger partial charge in [-0.1, -0.05) is 6.07 Å². The molecule has 0 radical (unpaired) electrons. The Kier molecular flexibility index (Phi) is 8.29. The summed E-state index contributed by atoms with van der Waals surface area (Å²) >= 11 is 0. The molecule has 3 aliphatic heterocycles. The number of benzene rings is 1. The van der Waals surface area contributed by atoms with Crippen LogP contribution in [0.5, 0.6) is 0 Å². The van der Waals surface area contributed by atoms with Crippen molar-refractivity contribution < 1.29 is 19.1 Å². The number of imide groups is 1. The molecular formula is C30H44N6O5. The zero-order chi connectivity index (χ0) is 29.5. The third-order valence-electron chi connectivity index (χ3n) is 8.88. The molecule has 0 aliphatic carbocycles. The highest BCUT2D eigenvalue weighted by Gasteiger charge is 2.33. The lowest BCUT2D eigenvalue weighted by molar-refractivity contribution is -0.135. The smallest absolute Gasteiger partial charge is 0.410 e. The van der Waals surface area contributed by atoms with Crippen LogP contribution in [-0.2, 0) is 27.9 Å². The van der Waals surface area contributed by atoms with E-state index in [9.17, 15) is 19.2 Å². The molecule has 41 heavy (non-hydrogen) atoms. The molecule has 224 valence electrons. The van der Waals surface area contributed by atoms with Crippen LogP contribution in [0.1, 0.15) is 70.9 Å². The zero-order valence-electron chi connectivity index (χ0n) is 25.0. The Balaban J connectivity index is 1.15. The second-order valence-corrected chi connectivity index (χ2v) is 12.9. The Morgan fingerprint density at radius 2 is 1.68 bits per heavy atom. The van der Waals surface area contributed by atoms with Crippen molar-refractivity contribution in [1.82, 2.24) is 29.2 Å². The lowest BCUT2D eigenvalue weighted by Gasteiger charge is -2.43. The van der Waals surface area contributed by atoms with Gasteiger partial charge >= 0.3 is 11.8 Å². The van der Waals surface area contributed by atoms with E-state index in [1.165, 1.54) is 4.57 Å². The first-order chi connectivity index (χ1) is 19.4. The average Bonchev–Trinajstić information content (AvgIpc) is 3.17. The van der Waals surface area contributed by atoms with Crippen LogP contribution in [0.3, 0.4) is 0 Å². The van der Waals surface area contributed by atoms with Gasteiger partial charge in [-0.05, 0) is 83.7 Å². The molecule has 1 atom stereocenters. The molecule has 0 spiro atoms. The Morgan fingerprint density at radius 3 is 2.32 bits per heavy atom. The fraction of sp³-hybridized carbons (Fsp3) is 0.667. The number of imidazole rings is 1. The minimum atomic E-state index is -0.670. The number of nitrogens with one attached hydrogen (secondary N) is 1. The van der Waals surface area contributed by atoms with Crippen LogP contribution in [0.2, 0.25) is 0 Å². The molecule has 11 nitrogen and oxygen atoms in total. The van der Waals surface area contributed by atoms with E-state index in [0.717, 1.165) is 75.0 Å². The molecule has 3 fully saturated rings. The maximum Gasteiger partial charge on any atom is 0.410 e. The van der Waals surface area contributed by atoms with Gasteiger partial charge in [0.25, 0.3) is 0 Å². The highest BCUT2D eigenvalue weighted by Crippen LogP contribution is 2.27. The van der Waals surface area contributed by atoms with E-state index in [1.807, 2.05) is 40.0 Å². The van der Waals surface area contributed by atoms with Gasteiger partial charge in [0.05, 0.1) is 11.0 Å². The third kappa shape index (κ3) is 6.35. The standard InChI is InChI=1S/C30H44N6O5/c1-30(2,3)41-29(40)32(4)21-12-16-35(17-13-21)22-10-14-34(15-11-22)19-20-6-7-23-25(18-20)33(5)28(39)36(23)24-8-9-26(37)31-27(24)38/h6-7,18,21-22,24H,8-17,19H2,1-5H3,(H,31,37,38). The van der Waals surface area contributed by atoms with Crippen LogP contribution in [-0.4, -0.2) is 92.7 Å². The summed E-state index contributed by atoms with van der Waals surface area (Å²) in [6.45, 7) is 10.5. The molecule has 3 saturated heterocycles. The van der Waals surface area contributed by atoms with E-state index in [1.54, 1.807) is 16.5 Å². The summed E-state index contributed by atoms with van der Waals surface area (Å²) in [4.78, 5) is 56.4. The molecule has 1 N–H and O–H groups in total. The minimum absolute atomic E-state index is 0.219. The Bertz CT molecular complexity index is 1360. The highest BCUT2D eigenvalue weighted by atomic mass is 16.6. The van der Waals surface area contributed by atoms with Crippen molar-refractivity contribution in [2.24, 2.45) is 7.05 Å². The van der Waals surface area contributed by atoms with Gasteiger partial charge in [-0.25, -0.2) is 9.59 Å². The number of carbonyl (C=O) groups excluding carboxylic acids is 3. The molecule has 3 aliphatic rings. The van der Waals surface area contributed by atoms with Crippen molar-refractivity contribution in [3.63, 3.8) is 0 Å². The van der Waals surface area contributed by atoms with Crippen LogP contribution < -0.4 is 11.0 Å². The van der Waals surface area contributed by atoms with Crippen molar-refractivity contribution in [2.45, 2.75) is 89.6 Å². The van der Waals surface area contributed by atoms with Crippen molar-refractivity contribution in [2.75, 3.05) is 33.2 Å². The van der Waals surface area contributed by atoms with E-state index in [4.69, 9.17) is 4.74 Å². The quantitative estimate of drug-likeness (QED) is 0.553. The van der Waals surface area contributed by atoms with Gasteiger partial charge < -0.3 is 14.5 Å². The molecule has 1 aromatic heterocycles. The third-order valence-corrected chi connectivity index (χ3v) is 8.88. The van der Waals surface area contributed by atoms with Crippen molar-refractivity contribution in [1.29, 1.82) is 0 Å². The number of nitrogens with zero attached hydrogens (tertiary/aromatic N) is 5. The van der Waals surface area contributed by atoms with E-state index >= 15 is 0 Å². The number of aryl methyl sites for hydroxylation is 1. The maximum absolute atomic E-state index is 13.1. The SMILES string of the molecule is CN(C(=O)OC(C)(C)C)C1CCN(C2CCN(Cc3ccc4c(c3)n(C)c(=O)n4C3CCC(=O)NC3=O)CC2)CC1. The van der Waals surface area contributed by atoms with Gasteiger partial charge in [-0.2, -0.15) is 0 Å². The number of fused-ring (bicyclic) bond motifs is 1. The monoisotopic (exact) mass is 568 g/mol. The van der Waals surface area contributed by atoms with Crippen LogP contribution in [0.25, 0.3) is 11.0 Å². The van der Waals surface area contributed by atoms with Crippen molar-refractivity contribution >= 4 is 28.9 Å².